The van der Waals surface area contributed by atoms with Gasteiger partial charge in [0.25, 0.3) is 0 Å². The third kappa shape index (κ3) is 4.10. The SMILES string of the molecule is CCCCCCN=C1N(C)CCCN1C. The summed E-state index contributed by atoms with van der Waals surface area (Å²) in [5.74, 6) is 1.18. The van der Waals surface area contributed by atoms with Gasteiger partial charge in [0.1, 0.15) is 0 Å². The summed E-state index contributed by atoms with van der Waals surface area (Å²) in [6.45, 7) is 5.54. The molecule has 1 fully saturated rings. The van der Waals surface area contributed by atoms with Gasteiger partial charge in [0, 0.05) is 33.7 Å². The van der Waals surface area contributed by atoms with Crippen molar-refractivity contribution >= 4 is 5.96 Å². The van der Waals surface area contributed by atoms with Crippen LogP contribution in [-0.4, -0.2) is 49.5 Å². The molecule has 0 atom stereocenters. The van der Waals surface area contributed by atoms with Crippen LogP contribution >= 0.6 is 0 Å². The van der Waals surface area contributed by atoms with Crippen molar-refractivity contribution in [3.8, 4) is 0 Å². The van der Waals surface area contributed by atoms with Crippen molar-refractivity contribution in [3.63, 3.8) is 0 Å². The van der Waals surface area contributed by atoms with Gasteiger partial charge in [-0.1, -0.05) is 26.2 Å². The maximum atomic E-state index is 4.69. The van der Waals surface area contributed by atoms with E-state index in [9.17, 15) is 0 Å². The summed E-state index contributed by atoms with van der Waals surface area (Å²) in [5, 5.41) is 0. The minimum absolute atomic E-state index is 0.990. The number of hydrogen-bond acceptors (Lipinski definition) is 1. The quantitative estimate of drug-likeness (QED) is 0.649. The Bertz CT molecular complexity index is 189. The minimum Gasteiger partial charge on any atom is -0.346 e. The molecule has 0 unspecified atom stereocenters. The molecule has 3 nitrogen and oxygen atoms in total. The Balaban J connectivity index is 2.29. The van der Waals surface area contributed by atoms with Crippen LogP contribution in [-0.2, 0) is 0 Å². The van der Waals surface area contributed by atoms with Gasteiger partial charge in [-0.25, -0.2) is 0 Å². The van der Waals surface area contributed by atoms with Crippen LogP contribution in [0, 0.1) is 0 Å². The highest BCUT2D eigenvalue weighted by molar-refractivity contribution is 5.80. The van der Waals surface area contributed by atoms with Crippen LogP contribution in [0.1, 0.15) is 39.0 Å². The van der Waals surface area contributed by atoms with Crippen molar-refractivity contribution in [2.45, 2.75) is 39.0 Å². The van der Waals surface area contributed by atoms with E-state index < -0.39 is 0 Å². The Kier molecular flexibility index (Phi) is 5.51. The second kappa shape index (κ2) is 6.70. The number of aliphatic imine (C=N–C) groups is 1. The minimum atomic E-state index is 0.990. The Morgan fingerprint density at radius 1 is 1.07 bits per heavy atom. The van der Waals surface area contributed by atoms with Gasteiger partial charge in [-0.05, 0) is 12.8 Å². The highest BCUT2D eigenvalue weighted by atomic mass is 15.4. The molecule has 3 heteroatoms. The van der Waals surface area contributed by atoms with E-state index >= 15 is 0 Å². The zero-order valence-electron chi connectivity index (χ0n) is 10.5. The van der Waals surface area contributed by atoms with Gasteiger partial charge in [-0.2, -0.15) is 0 Å². The lowest BCUT2D eigenvalue weighted by atomic mass is 10.2. The molecule has 0 radical (unpaired) electrons. The molecule has 0 aromatic carbocycles. The number of hydrogen-bond donors (Lipinski definition) is 0. The first-order chi connectivity index (χ1) is 7.25. The summed E-state index contributed by atoms with van der Waals surface area (Å²) in [6, 6.07) is 0. The first kappa shape index (κ1) is 12.3. The molecule has 88 valence electrons. The van der Waals surface area contributed by atoms with E-state index in [1.807, 2.05) is 0 Å². The summed E-state index contributed by atoms with van der Waals surface area (Å²) < 4.78 is 0. The van der Waals surface area contributed by atoms with Crippen molar-refractivity contribution in [2.24, 2.45) is 4.99 Å². The zero-order valence-corrected chi connectivity index (χ0v) is 10.5. The molecule has 0 aliphatic carbocycles. The third-order valence-corrected chi connectivity index (χ3v) is 2.93. The lowest BCUT2D eigenvalue weighted by molar-refractivity contribution is 0.316. The van der Waals surface area contributed by atoms with Gasteiger partial charge < -0.3 is 9.80 Å². The van der Waals surface area contributed by atoms with Crippen molar-refractivity contribution < 1.29 is 0 Å². The average Bonchev–Trinajstić information content (AvgIpc) is 2.21. The van der Waals surface area contributed by atoms with Crippen molar-refractivity contribution in [2.75, 3.05) is 33.7 Å². The lowest BCUT2D eigenvalue weighted by Crippen LogP contribution is -2.46. The van der Waals surface area contributed by atoms with Gasteiger partial charge >= 0.3 is 0 Å². The van der Waals surface area contributed by atoms with E-state index in [0.29, 0.717) is 0 Å². The average molecular weight is 211 g/mol. The van der Waals surface area contributed by atoms with Crippen LogP contribution in [0.5, 0.6) is 0 Å². The van der Waals surface area contributed by atoms with Crippen LogP contribution in [0.3, 0.4) is 0 Å². The Labute approximate surface area is 94.2 Å². The number of unbranched alkanes of at least 4 members (excludes halogenated alkanes) is 3. The highest BCUT2D eigenvalue weighted by Crippen LogP contribution is 2.06. The summed E-state index contributed by atoms with van der Waals surface area (Å²) in [5.41, 5.74) is 0. The van der Waals surface area contributed by atoms with Crippen LogP contribution in [0.15, 0.2) is 4.99 Å². The highest BCUT2D eigenvalue weighted by Gasteiger charge is 2.16. The number of guanidine groups is 1. The van der Waals surface area contributed by atoms with Crippen LogP contribution < -0.4 is 0 Å². The molecule has 1 aliphatic rings. The molecule has 0 N–H and O–H groups in total. The molecule has 0 aromatic rings. The van der Waals surface area contributed by atoms with Gasteiger partial charge in [0.2, 0.25) is 0 Å². The molecule has 0 saturated carbocycles. The monoisotopic (exact) mass is 211 g/mol. The van der Waals surface area contributed by atoms with E-state index in [1.54, 1.807) is 0 Å². The summed E-state index contributed by atoms with van der Waals surface area (Å²) in [6.07, 6.45) is 6.45. The Hall–Kier alpha value is -0.730. The fourth-order valence-corrected chi connectivity index (χ4v) is 2.00. The largest absolute Gasteiger partial charge is 0.346 e. The lowest BCUT2D eigenvalue weighted by Gasteiger charge is -2.34. The maximum absolute atomic E-state index is 4.69. The van der Waals surface area contributed by atoms with Crippen molar-refractivity contribution in [1.29, 1.82) is 0 Å². The van der Waals surface area contributed by atoms with E-state index in [1.165, 1.54) is 38.1 Å². The molecule has 0 amide bonds. The molecule has 0 bridgehead atoms. The molecule has 0 spiro atoms. The van der Waals surface area contributed by atoms with Crippen LogP contribution in [0.25, 0.3) is 0 Å². The van der Waals surface area contributed by atoms with Crippen LogP contribution in [0.2, 0.25) is 0 Å². The summed E-state index contributed by atoms with van der Waals surface area (Å²) in [7, 11) is 4.28. The second-order valence-corrected chi connectivity index (χ2v) is 4.44. The molecule has 15 heavy (non-hydrogen) atoms. The normalized spacial score (nSPS) is 17.1. The van der Waals surface area contributed by atoms with E-state index in [-0.39, 0.29) is 0 Å². The van der Waals surface area contributed by atoms with E-state index in [0.717, 1.165) is 19.6 Å². The fraction of sp³-hybridized carbons (Fsp3) is 0.917. The molecule has 0 aromatic heterocycles. The molecule has 1 aliphatic heterocycles. The van der Waals surface area contributed by atoms with Gasteiger partial charge in [-0.3, -0.25) is 4.99 Å². The van der Waals surface area contributed by atoms with E-state index in [4.69, 9.17) is 0 Å². The Morgan fingerprint density at radius 2 is 1.73 bits per heavy atom. The van der Waals surface area contributed by atoms with E-state index in [2.05, 4.69) is 35.8 Å². The van der Waals surface area contributed by atoms with Gasteiger partial charge in [0.05, 0.1) is 0 Å². The number of rotatable bonds is 5. The summed E-state index contributed by atoms with van der Waals surface area (Å²) >= 11 is 0. The molecule has 1 heterocycles. The Morgan fingerprint density at radius 3 is 2.33 bits per heavy atom. The van der Waals surface area contributed by atoms with Gasteiger partial charge in [0.15, 0.2) is 5.96 Å². The molecule has 1 rings (SSSR count). The van der Waals surface area contributed by atoms with Crippen LogP contribution in [0.4, 0.5) is 0 Å². The standard InChI is InChI=1S/C12H25N3/c1-4-5-6-7-9-13-12-14(2)10-8-11-15(12)3/h4-11H2,1-3H3. The predicted octanol–water partition coefficient (Wildman–Crippen LogP) is 2.19. The fourth-order valence-electron chi connectivity index (χ4n) is 2.00. The maximum Gasteiger partial charge on any atom is 0.196 e. The first-order valence-corrected chi connectivity index (χ1v) is 6.22. The number of nitrogens with zero attached hydrogens (tertiary/aromatic N) is 3. The van der Waals surface area contributed by atoms with Crippen molar-refractivity contribution in [1.82, 2.24) is 9.80 Å². The second-order valence-electron chi connectivity index (χ2n) is 4.44. The molecule has 1 saturated heterocycles. The predicted molar refractivity (Wildman–Crippen MR) is 66.3 cm³/mol. The molecular weight excluding hydrogens is 186 g/mol. The van der Waals surface area contributed by atoms with Gasteiger partial charge in [-0.15, -0.1) is 0 Å². The van der Waals surface area contributed by atoms with Crippen molar-refractivity contribution in [3.05, 3.63) is 0 Å². The zero-order chi connectivity index (χ0) is 11.1. The summed E-state index contributed by atoms with van der Waals surface area (Å²) in [4.78, 5) is 9.22. The smallest absolute Gasteiger partial charge is 0.196 e. The third-order valence-electron chi connectivity index (χ3n) is 2.93. The molecular formula is C12H25N3. The topological polar surface area (TPSA) is 18.8 Å². The first-order valence-electron chi connectivity index (χ1n) is 6.22.